The monoisotopic (exact) mass is 204 g/mol. The highest BCUT2D eigenvalue weighted by atomic mass is 15.3. The molecule has 0 aliphatic rings. The summed E-state index contributed by atoms with van der Waals surface area (Å²) in [6.45, 7) is 6.77. The summed E-state index contributed by atoms with van der Waals surface area (Å²) in [5, 5.41) is 8.57. The molecule has 0 fully saturated rings. The van der Waals surface area contributed by atoms with E-state index in [1.165, 1.54) is 0 Å². The van der Waals surface area contributed by atoms with Crippen LogP contribution in [0, 0.1) is 18.3 Å². The molecule has 0 saturated heterocycles. The van der Waals surface area contributed by atoms with Gasteiger partial charge >= 0.3 is 0 Å². The molecular formula is C11H16N4. The lowest BCUT2D eigenvalue weighted by atomic mass is 10.3. The zero-order valence-corrected chi connectivity index (χ0v) is 9.44. The molecule has 80 valence electrons. The van der Waals surface area contributed by atoms with Gasteiger partial charge in [-0.15, -0.1) is 0 Å². The lowest BCUT2D eigenvalue weighted by molar-refractivity contribution is 0.665. The van der Waals surface area contributed by atoms with Gasteiger partial charge in [0.15, 0.2) is 0 Å². The molecule has 0 aliphatic carbocycles. The third-order valence-electron chi connectivity index (χ3n) is 2.11. The van der Waals surface area contributed by atoms with Gasteiger partial charge in [0.1, 0.15) is 0 Å². The van der Waals surface area contributed by atoms with E-state index < -0.39 is 0 Å². The molecule has 0 aliphatic heterocycles. The van der Waals surface area contributed by atoms with Crippen LogP contribution >= 0.6 is 0 Å². The molecule has 0 radical (unpaired) electrons. The minimum absolute atomic E-state index is 0.307. The van der Waals surface area contributed by atoms with E-state index in [-0.39, 0.29) is 0 Å². The quantitative estimate of drug-likeness (QED) is 0.751. The molecule has 0 unspecified atom stereocenters. The van der Waals surface area contributed by atoms with Gasteiger partial charge in [0, 0.05) is 25.0 Å². The lowest BCUT2D eigenvalue weighted by Gasteiger charge is -2.25. The van der Waals surface area contributed by atoms with E-state index in [4.69, 9.17) is 5.26 Å². The van der Waals surface area contributed by atoms with Gasteiger partial charge in [-0.2, -0.15) is 5.26 Å². The van der Waals surface area contributed by atoms with Crippen molar-refractivity contribution in [1.29, 1.82) is 5.26 Å². The molecule has 4 nitrogen and oxygen atoms in total. The normalized spacial score (nSPS) is 10.1. The Balaban J connectivity index is 2.80. The van der Waals surface area contributed by atoms with Gasteiger partial charge in [-0.1, -0.05) is 0 Å². The smallest absolute Gasteiger partial charge is 0.225 e. The maximum atomic E-state index is 8.57. The summed E-state index contributed by atoms with van der Waals surface area (Å²) >= 11 is 0. The fraction of sp³-hybridized carbons (Fsp3) is 0.545. The highest BCUT2D eigenvalue weighted by molar-refractivity contribution is 5.31. The third-order valence-corrected chi connectivity index (χ3v) is 2.11. The Kier molecular flexibility index (Phi) is 4.04. The molecule has 0 bridgehead atoms. The number of hydrogen-bond donors (Lipinski definition) is 0. The average molecular weight is 204 g/mol. The zero-order chi connectivity index (χ0) is 11.3. The van der Waals surface area contributed by atoms with Crippen LogP contribution in [0.3, 0.4) is 0 Å². The van der Waals surface area contributed by atoms with Crippen LogP contribution in [0.15, 0.2) is 12.4 Å². The van der Waals surface area contributed by atoms with E-state index in [0.29, 0.717) is 25.0 Å². The number of nitrogens with zero attached hydrogens (tertiary/aromatic N) is 4. The fourth-order valence-corrected chi connectivity index (χ4v) is 1.29. The van der Waals surface area contributed by atoms with Crippen molar-refractivity contribution >= 4 is 5.95 Å². The maximum Gasteiger partial charge on any atom is 0.225 e. The zero-order valence-electron chi connectivity index (χ0n) is 9.44. The third kappa shape index (κ3) is 3.21. The SMILES string of the molecule is Cc1cnc(N(CCC#N)C(C)C)nc1. The molecule has 1 aromatic heterocycles. The largest absolute Gasteiger partial charge is 0.337 e. The summed E-state index contributed by atoms with van der Waals surface area (Å²) < 4.78 is 0. The van der Waals surface area contributed by atoms with Crippen molar-refractivity contribution in [3.8, 4) is 6.07 Å². The summed E-state index contributed by atoms with van der Waals surface area (Å²) in [5.41, 5.74) is 1.04. The Morgan fingerprint density at radius 2 is 2.00 bits per heavy atom. The van der Waals surface area contributed by atoms with Crippen molar-refractivity contribution in [3.05, 3.63) is 18.0 Å². The first kappa shape index (κ1) is 11.4. The first-order valence-corrected chi connectivity index (χ1v) is 5.07. The van der Waals surface area contributed by atoms with Gasteiger partial charge in [-0.05, 0) is 26.3 Å². The Bertz CT molecular complexity index is 337. The molecule has 0 atom stereocenters. The van der Waals surface area contributed by atoms with Gasteiger partial charge < -0.3 is 4.90 Å². The van der Waals surface area contributed by atoms with Crippen LogP contribution in [0.2, 0.25) is 0 Å². The number of aryl methyl sites for hydroxylation is 1. The first-order valence-electron chi connectivity index (χ1n) is 5.07. The van der Waals surface area contributed by atoms with Crippen molar-refractivity contribution in [2.75, 3.05) is 11.4 Å². The highest BCUT2D eigenvalue weighted by Gasteiger charge is 2.12. The molecule has 0 amide bonds. The maximum absolute atomic E-state index is 8.57. The molecule has 0 saturated carbocycles. The van der Waals surface area contributed by atoms with Crippen molar-refractivity contribution < 1.29 is 0 Å². The average Bonchev–Trinajstić information content (AvgIpc) is 2.21. The van der Waals surface area contributed by atoms with Crippen LogP contribution in [0.1, 0.15) is 25.8 Å². The van der Waals surface area contributed by atoms with E-state index in [2.05, 4.69) is 29.9 Å². The van der Waals surface area contributed by atoms with Gasteiger partial charge in [0.25, 0.3) is 0 Å². The van der Waals surface area contributed by atoms with Gasteiger partial charge in [0.05, 0.1) is 12.5 Å². The Morgan fingerprint density at radius 3 is 2.47 bits per heavy atom. The van der Waals surface area contributed by atoms with Gasteiger partial charge in [-0.25, -0.2) is 9.97 Å². The van der Waals surface area contributed by atoms with Crippen molar-refractivity contribution in [2.24, 2.45) is 0 Å². The fourth-order valence-electron chi connectivity index (χ4n) is 1.29. The van der Waals surface area contributed by atoms with Crippen molar-refractivity contribution in [3.63, 3.8) is 0 Å². The predicted molar refractivity (Wildman–Crippen MR) is 59.5 cm³/mol. The minimum Gasteiger partial charge on any atom is -0.337 e. The Hall–Kier alpha value is -1.63. The van der Waals surface area contributed by atoms with Crippen LogP contribution in [0.4, 0.5) is 5.95 Å². The molecule has 0 aromatic carbocycles. The van der Waals surface area contributed by atoms with Crippen molar-refractivity contribution in [2.45, 2.75) is 33.2 Å². The van der Waals surface area contributed by atoms with E-state index in [1.807, 2.05) is 11.8 Å². The van der Waals surface area contributed by atoms with Crippen molar-refractivity contribution in [1.82, 2.24) is 9.97 Å². The van der Waals surface area contributed by atoms with E-state index in [9.17, 15) is 0 Å². The highest BCUT2D eigenvalue weighted by Crippen LogP contribution is 2.10. The van der Waals surface area contributed by atoms with E-state index in [1.54, 1.807) is 12.4 Å². The molecule has 0 spiro atoms. The molecule has 4 heteroatoms. The van der Waals surface area contributed by atoms with Gasteiger partial charge in [-0.3, -0.25) is 0 Å². The molecule has 0 N–H and O–H groups in total. The molecule has 1 rings (SSSR count). The van der Waals surface area contributed by atoms with Crippen LogP contribution in [-0.2, 0) is 0 Å². The lowest BCUT2D eigenvalue weighted by Crippen LogP contribution is -2.33. The van der Waals surface area contributed by atoms with E-state index >= 15 is 0 Å². The standard InChI is InChI=1S/C11H16N4/c1-9(2)15(6-4-5-12)11-13-7-10(3)8-14-11/h7-9H,4,6H2,1-3H3. The summed E-state index contributed by atoms with van der Waals surface area (Å²) in [7, 11) is 0. The second-order valence-electron chi connectivity index (χ2n) is 3.76. The molecule has 1 heterocycles. The summed E-state index contributed by atoms with van der Waals surface area (Å²) in [6, 6.07) is 2.44. The number of nitriles is 1. The minimum atomic E-state index is 0.307. The van der Waals surface area contributed by atoms with Crippen LogP contribution < -0.4 is 4.90 Å². The summed E-state index contributed by atoms with van der Waals surface area (Å²) in [6.07, 6.45) is 4.09. The van der Waals surface area contributed by atoms with Crippen LogP contribution in [-0.4, -0.2) is 22.6 Å². The van der Waals surface area contributed by atoms with E-state index in [0.717, 1.165) is 5.56 Å². The second kappa shape index (κ2) is 5.30. The Morgan fingerprint density at radius 1 is 1.40 bits per heavy atom. The van der Waals surface area contributed by atoms with Crippen LogP contribution in [0.25, 0.3) is 0 Å². The van der Waals surface area contributed by atoms with Crippen LogP contribution in [0.5, 0.6) is 0 Å². The Labute approximate surface area is 90.6 Å². The van der Waals surface area contributed by atoms with Gasteiger partial charge in [0.2, 0.25) is 5.95 Å². The number of anilines is 1. The predicted octanol–water partition coefficient (Wildman–Crippen LogP) is 1.91. The summed E-state index contributed by atoms with van der Waals surface area (Å²) in [5.74, 6) is 0.700. The molecule has 15 heavy (non-hydrogen) atoms. The topological polar surface area (TPSA) is 52.8 Å². The number of rotatable bonds is 4. The number of hydrogen-bond acceptors (Lipinski definition) is 4. The molecule has 1 aromatic rings. The first-order chi connectivity index (χ1) is 7.15. The second-order valence-corrected chi connectivity index (χ2v) is 3.76. The summed E-state index contributed by atoms with van der Waals surface area (Å²) in [4.78, 5) is 10.5. The number of aromatic nitrogens is 2. The molecular weight excluding hydrogens is 188 g/mol.